The third kappa shape index (κ3) is 3.76. The molecule has 1 aromatic rings. The number of hydrogen-bond acceptors (Lipinski definition) is 3. The molecule has 0 aromatic heterocycles. The molecule has 20 heavy (non-hydrogen) atoms. The summed E-state index contributed by atoms with van der Waals surface area (Å²) >= 11 is 5.95. The molecule has 0 aliphatic carbocycles. The summed E-state index contributed by atoms with van der Waals surface area (Å²) in [6, 6.07) is 5.76. The lowest BCUT2D eigenvalue weighted by atomic mass is 10.1. The first-order valence-corrected chi connectivity index (χ1v) is 8.74. The fraction of sp³-hybridized carbons (Fsp3) is 0.467. The highest BCUT2D eigenvalue weighted by atomic mass is 35.5. The molecule has 0 N–H and O–H groups in total. The lowest BCUT2D eigenvalue weighted by Crippen LogP contribution is -2.36. The minimum atomic E-state index is -2.90. The molecule has 1 aliphatic heterocycles. The van der Waals surface area contributed by atoms with E-state index in [0.717, 1.165) is 11.1 Å². The third-order valence-electron chi connectivity index (χ3n) is 3.70. The number of aryl methyl sites for hydroxylation is 1. The quantitative estimate of drug-likeness (QED) is 0.801. The summed E-state index contributed by atoms with van der Waals surface area (Å²) in [6.07, 6.45) is 6.08. The first kappa shape index (κ1) is 15.4. The summed E-state index contributed by atoms with van der Waals surface area (Å²) < 4.78 is 23.2. The Morgan fingerprint density at radius 3 is 2.80 bits per heavy atom. The molecule has 2 rings (SSSR count). The van der Waals surface area contributed by atoms with Gasteiger partial charge in [0.1, 0.15) is 0 Å². The van der Waals surface area contributed by atoms with Crippen LogP contribution in [0, 0.1) is 19.3 Å². The maximum Gasteiger partial charge on any atom is 0.151 e. The molecule has 0 bridgehead atoms. The second-order valence-corrected chi connectivity index (χ2v) is 7.90. The zero-order valence-corrected chi connectivity index (χ0v) is 13.0. The maximum absolute atomic E-state index is 11.6. The topological polar surface area (TPSA) is 37.4 Å². The zero-order valence-electron chi connectivity index (χ0n) is 11.5. The van der Waals surface area contributed by atoms with Crippen molar-refractivity contribution in [3.63, 3.8) is 0 Å². The average molecular weight is 312 g/mol. The predicted molar refractivity (Wildman–Crippen MR) is 82.5 cm³/mol. The van der Waals surface area contributed by atoms with Gasteiger partial charge < -0.3 is 0 Å². The van der Waals surface area contributed by atoms with E-state index in [0.29, 0.717) is 24.5 Å². The van der Waals surface area contributed by atoms with Crippen molar-refractivity contribution in [2.45, 2.75) is 25.9 Å². The molecule has 1 fully saturated rings. The molecule has 3 nitrogen and oxygen atoms in total. The molecule has 1 saturated heterocycles. The molecule has 1 atom stereocenters. The van der Waals surface area contributed by atoms with Crippen LogP contribution in [0.5, 0.6) is 0 Å². The average Bonchev–Trinajstić information content (AvgIpc) is 2.72. The van der Waals surface area contributed by atoms with Crippen molar-refractivity contribution in [3.05, 3.63) is 34.3 Å². The van der Waals surface area contributed by atoms with E-state index in [1.54, 1.807) is 0 Å². The van der Waals surface area contributed by atoms with Gasteiger partial charge in [-0.05, 0) is 36.6 Å². The Labute approximate surface area is 125 Å². The second-order valence-electron chi connectivity index (χ2n) is 5.24. The summed E-state index contributed by atoms with van der Waals surface area (Å²) in [5, 5.41) is 0.707. The van der Waals surface area contributed by atoms with Crippen molar-refractivity contribution in [1.29, 1.82) is 0 Å². The molecule has 0 unspecified atom stereocenters. The van der Waals surface area contributed by atoms with Crippen LogP contribution < -0.4 is 0 Å². The van der Waals surface area contributed by atoms with Crippen LogP contribution in [0.4, 0.5) is 0 Å². The van der Waals surface area contributed by atoms with Crippen LogP contribution in [0.1, 0.15) is 17.5 Å². The van der Waals surface area contributed by atoms with Crippen LogP contribution in [0.3, 0.4) is 0 Å². The van der Waals surface area contributed by atoms with Crippen LogP contribution in [-0.2, 0) is 16.4 Å². The maximum atomic E-state index is 11.6. The molecule has 0 radical (unpaired) electrons. The van der Waals surface area contributed by atoms with E-state index >= 15 is 0 Å². The summed E-state index contributed by atoms with van der Waals surface area (Å²) in [6.45, 7) is 3.12. The number of benzene rings is 1. The monoisotopic (exact) mass is 311 g/mol. The van der Waals surface area contributed by atoms with Gasteiger partial charge in [0.2, 0.25) is 0 Å². The number of nitrogens with zero attached hydrogens (tertiary/aromatic N) is 1. The van der Waals surface area contributed by atoms with E-state index in [2.05, 4.69) is 10.8 Å². The van der Waals surface area contributed by atoms with E-state index in [4.69, 9.17) is 18.0 Å². The highest BCUT2D eigenvalue weighted by molar-refractivity contribution is 7.91. The molecule has 1 aromatic carbocycles. The fourth-order valence-electron chi connectivity index (χ4n) is 2.55. The lowest BCUT2D eigenvalue weighted by Gasteiger charge is -2.26. The van der Waals surface area contributed by atoms with Crippen LogP contribution in [0.25, 0.3) is 0 Å². The van der Waals surface area contributed by atoms with Gasteiger partial charge in [0.25, 0.3) is 0 Å². The smallest absolute Gasteiger partial charge is 0.151 e. The highest BCUT2D eigenvalue weighted by Crippen LogP contribution is 2.22. The van der Waals surface area contributed by atoms with Crippen molar-refractivity contribution >= 4 is 21.4 Å². The van der Waals surface area contributed by atoms with Crippen LogP contribution in [-0.4, -0.2) is 37.4 Å². The Balaban J connectivity index is 2.16. The zero-order chi connectivity index (χ0) is 14.8. The minimum Gasteiger partial charge on any atom is -0.284 e. The first-order valence-electron chi connectivity index (χ1n) is 6.54. The lowest BCUT2D eigenvalue weighted by molar-refractivity contribution is 0.230. The van der Waals surface area contributed by atoms with Gasteiger partial charge >= 0.3 is 0 Å². The van der Waals surface area contributed by atoms with Crippen LogP contribution in [0.15, 0.2) is 18.2 Å². The molecule has 0 amide bonds. The van der Waals surface area contributed by atoms with Gasteiger partial charge in [0, 0.05) is 17.6 Å². The Bertz CT molecular complexity index is 634. The number of hydrogen-bond donors (Lipinski definition) is 0. The number of halogens is 1. The van der Waals surface area contributed by atoms with E-state index in [9.17, 15) is 8.42 Å². The molecular formula is C15H18ClNO2S. The normalized spacial score (nSPS) is 21.0. The number of sulfone groups is 1. The Morgan fingerprint density at radius 1 is 1.50 bits per heavy atom. The second kappa shape index (κ2) is 6.17. The van der Waals surface area contributed by atoms with Crippen molar-refractivity contribution in [1.82, 2.24) is 4.90 Å². The van der Waals surface area contributed by atoms with Gasteiger partial charge in [-0.2, -0.15) is 0 Å². The van der Waals surface area contributed by atoms with Crippen LogP contribution >= 0.6 is 11.6 Å². The molecule has 0 spiro atoms. The van der Waals surface area contributed by atoms with Gasteiger partial charge in [-0.25, -0.2) is 8.42 Å². The Morgan fingerprint density at radius 2 is 2.25 bits per heavy atom. The fourth-order valence-corrected chi connectivity index (χ4v) is 4.54. The van der Waals surface area contributed by atoms with E-state index in [-0.39, 0.29) is 17.5 Å². The summed E-state index contributed by atoms with van der Waals surface area (Å²) in [7, 11) is -2.90. The summed E-state index contributed by atoms with van der Waals surface area (Å²) in [5.74, 6) is 3.10. The van der Waals surface area contributed by atoms with E-state index < -0.39 is 9.84 Å². The van der Waals surface area contributed by atoms with Gasteiger partial charge in [-0.1, -0.05) is 23.6 Å². The van der Waals surface area contributed by atoms with Gasteiger partial charge in [0.15, 0.2) is 9.84 Å². The van der Waals surface area contributed by atoms with E-state index in [1.807, 2.05) is 25.1 Å². The standard InChI is InChI=1S/C15H18ClNO2S/c1-3-7-17(15-6-8-20(18,19)11-15)10-13-4-5-14(16)9-12(13)2/h1,4-5,9,15H,6-8,10-11H2,2H3/t15-/m0/s1. The minimum absolute atomic E-state index is 0.0196. The van der Waals surface area contributed by atoms with Gasteiger partial charge in [-0.15, -0.1) is 6.42 Å². The van der Waals surface area contributed by atoms with Gasteiger partial charge in [-0.3, -0.25) is 4.90 Å². The third-order valence-corrected chi connectivity index (χ3v) is 5.68. The number of rotatable bonds is 4. The van der Waals surface area contributed by atoms with E-state index in [1.165, 1.54) is 0 Å². The van der Waals surface area contributed by atoms with Gasteiger partial charge in [0.05, 0.1) is 18.1 Å². The highest BCUT2D eigenvalue weighted by Gasteiger charge is 2.32. The van der Waals surface area contributed by atoms with Crippen molar-refractivity contribution < 1.29 is 8.42 Å². The predicted octanol–water partition coefficient (Wildman–Crippen LogP) is 2.27. The Hall–Kier alpha value is -1.02. The Kier molecular flexibility index (Phi) is 4.74. The van der Waals surface area contributed by atoms with Crippen molar-refractivity contribution in [2.24, 2.45) is 0 Å². The largest absolute Gasteiger partial charge is 0.284 e. The summed E-state index contributed by atoms with van der Waals surface area (Å²) in [4.78, 5) is 2.07. The molecular weight excluding hydrogens is 294 g/mol. The molecule has 1 heterocycles. The molecule has 5 heteroatoms. The SMILES string of the molecule is C#CCN(Cc1ccc(Cl)cc1C)[C@H]1CCS(=O)(=O)C1. The first-order chi connectivity index (χ1) is 9.41. The van der Waals surface area contributed by atoms with Crippen molar-refractivity contribution in [3.8, 4) is 12.3 Å². The molecule has 0 saturated carbocycles. The summed E-state index contributed by atoms with van der Waals surface area (Å²) in [5.41, 5.74) is 2.23. The number of terminal acetylenes is 1. The van der Waals surface area contributed by atoms with Crippen LogP contribution in [0.2, 0.25) is 5.02 Å². The molecule has 1 aliphatic rings. The molecule has 108 valence electrons. The van der Waals surface area contributed by atoms with Crippen molar-refractivity contribution in [2.75, 3.05) is 18.1 Å².